The van der Waals surface area contributed by atoms with Crippen molar-refractivity contribution in [2.75, 3.05) is 51.4 Å². The summed E-state index contributed by atoms with van der Waals surface area (Å²) >= 11 is 11.0. The van der Waals surface area contributed by atoms with Gasteiger partial charge in [0.05, 0.1) is 39.6 Å². The Labute approximate surface area is 192 Å². The zero-order chi connectivity index (χ0) is 25.6. The fraction of sp³-hybridized carbons (Fsp3) is 1.00. The van der Waals surface area contributed by atoms with Crippen LogP contribution < -0.4 is 0 Å². The van der Waals surface area contributed by atoms with Crippen molar-refractivity contribution < 1.29 is 58.2 Å². The maximum Gasteiger partial charge on any atom is 0.481 e. The number of alkyl halides is 2. The predicted octanol–water partition coefficient (Wildman–Crippen LogP) is 0.663. The van der Waals surface area contributed by atoms with Crippen LogP contribution in [0.15, 0.2) is 0 Å². The molecule has 0 heterocycles. The molecule has 1 atom stereocenters. The van der Waals surface area contributed by atoms with E-state index >= 15 is 0 Å². The minimum absolute atomic E-state index is 0.0451. The molecule has 0 aliphatic rings. The maximum atomic E-state index is 11.1. The quantitative estimate of drug-likeness (QED) is 0.126. The Hall–Kier alpha value is 0.640. The molecule has 0 aromatic rings. The molecule has 0 fully saturated rings. The van der Waals surface area contributed by atoms with Crippen LogP contribution in [0.25, 0.3) is 0 Å². The summed E-state index contributed by atoms with van der Waals surface area (Å²) in [6.45, 7) is 6.25. The minimum Gasteiger partial charge on any atom is -0.396 e. The zero-order valence-corrected chi connectivity index (χ0v) is 21.3. The summed E-state index contributed by atoms with van der Waals surface area (Å²) < 4.78 is 29.3. The number of halogens is 2. The van der Waals surface area contributed by atoms with Crippen molar-refractivity contribution in [2.45, 2.75) is 27.7 Å². The molecule has 16 heteroatoms. The highest BCUT2D eigenvalue weighted by Crippen LogP contribution is 2.58. The van der Waals surface area contributed by atoms with Crippen LogP contribution >= 0.6 is 38.8 Å². The largest absolute Gasteiger partial charge is 0.481 e. The summed E-state index contributed by atoms with van der Waals surface area (Å²) in [6, 6.07) is 0. The van der Waals surface area contributed by atoms with E-state index in [-0.39, 0.29) is 49.0 Å². The maximum absolute atomic E-state index is 11.1. The molecule has 0 saturated carbocycles. The summed E-state index contributed by atoms with van der Waals surface area (Å²) in [5.41, 5.74) is -1.81. The second-order valence-electron chi connectivity index (χ2n) is 8.20. The Morgan fingerprint density at radius 2 is 1.03 bits per heavy atom. The molecule has 0 bridgehead atoms. The van der Waals surface area contributed by atoms with Crippen molar-refractivity contribution in [1.29, 1.82) is 0 Å². The highest BCUT2D eigenvalue weighted by atomic mass is 35.5. The SMILES string of the molecule is CC(C)(CO)CO.CC(C)(CO)CO.O=P(O)(O)OP(=O)(O)OCC(CO)(CCl)CCl. The first-order chi connectivity index (χ1) is 13.8. The minimum atomic E-state index is -5.16. The average molecular weight is 541 g/mol. The molecule has 0 amide bonds. The Kier molecular flexibility index (Phi) is 19.0. The number of hydrogen-bond donors (Lipinski definition) is 8. The zero-order valence-electron chi connectivity index (χ0n) is 18.0. The molecule has 0 saturated heterocycles. The van der Waals surface area contributed by atoms with E-state index in [0.717, 1.165) is 0 Å². The van der Waals surface area contributed by atoms with Gasteiger partial charge in [0, 0.05) is 28.0 Å². The van der Waals surface area contributed by atoms with Crippen molar-refractivity contribution in [1.82, 2.24) is 0 Å². The van der Waals surface area contributed by atoms with Crippen LogP contribution in [-0.2, 0) is 18.0 Å². The molecular formula is C15H36Cl2O12P2. The molecule has 0 spiro atoms. The van der Waals surface area contributed by atoms with Crippen molar-refractivity contribution in [3.05, 3.63) is 0 Å². The van der Waals surface area contributed by atoms with Gasteiger partial charge in [-0.1, -0.05) is 27.7 Å². The van der Waals surface area contributed by atoms with Gasteiger partial charge in [-0.3, -0.25) is 4.52 Å². The van der Waals surface area contributed by atoms with Gasteiger partial charge in [0.25, 0.3) is 0 Å². The highest BCUT2D eigenvalue weighted by Gasteiger charge is 2.37. The second-order valence-corrected chi connectivity index (χ2v) is 11.6. The van der Waals surface area contributed by atoms with Gasteiger partial charge in [-0.25, -0.2) is 9.13 Å². The second kappa shape index (κ2) is 16.3. The molecule has 8 N–H and O–H groups in total. The predicted molar refractivity (Wildman–Crippen MR) is 116 cm³/mol. The first-order valence-electron chi connectivity index (χ1n) is 8.75. The molecule has 0 aliphatic heterocycles. The summed E-state index contributed by atoms with van der Waals surface area (Å²) in [7, 11) is -10.1. The van der Waals surface area contributed by atoms with E-state index in [1.807, 2.05) is 0 Å². The number of phosphoric acid groups is 2. The smallest absolute Gasteiger partial charge is 0.396 e. The van der Waals surface area contributed by atoms with E-state index in [1.54, 1.807) is 27.7 Å². The molecule has 12 nitrogen and oxygen atoms in total. The van der Waals surface area contributed by atoms with Crippen molar-refractivity contribution in [2.24, 2.45) is 16.2 Å². The van der Waals surface area contributed by atoms with Gasteiger partial charge in [-0.05, 0) is 0 Å². The van der Waals surface area contributed by atoms with Crippen molar-refractivity contribution in [3.8, 4) is 0 Å². The lowest BCUT2D eigenvalue weighted by Gasteiger charge is -2.27. The average Bonchev–Trinajstić information content (AvgIpc) is 2.68. The standard InChI is InChI=1S/C5H12Cl2O8P2.2C5H12O2/c6-1-5(2-7,3-8)4-14-17(12,13)15-16(9,10)11;2*1-5(2,3-6)4-7/h8H,1-4H2,(H,12,13)(H2,9,10,11);2*6-7H,3-4H2,1-2H3. The Morgan fingerprint density at radius 1 is 0.710 bits per heavy atom. The van der Waals surface area contributed by atoms with Crippen molar-refractivity contribution in [3.63, 3.8) is 0 Å². The first kappa shape index (κ1) is 36.2. The molecule has 0 radical (unpaired) electrons. The van der Waals surface area contributed by atoms with Gasteiger partial charge in [0.15, 0.2) is 0 Å². The normalized spacial score (nSPS) is 14.6. The number of rotatable bonds is 12. The van der Waals surface area contributed by atoms with Crippen LogP contribution in [0.2, 0.25) is 0 Å². The van der Waals surface area contributed by atoms with Crippen molar-refractivity contribution >= 4 is 38.8 Å². The van der Waals surface area contributed by atoms with E-state index in [2.05, 4.69) is 8.83 Å². The molecule has 0 aromatic heterocycles. The molecular weight excluding hydrogens is 505 g/mol. The Bertz CT molecular complexity index is 516. The van der Waals surface area contributed by atoms with Gasteiger partial charge >= 0.3 is 15.6 Å². The summed E-state index contributed by atoms with van der Waals surface area (Å²) in [5.74, 6) is -0.355. The molecule has 31 heavy (non-hydrogen) atoms. The van der Waals surface area contributed by atoms with E-state index in [1.165, 1.54) is 0 Å². The van der Waals surface area contributed by atoms with E-state index in [0.29, 0.717) is 0 Å². The third-order valence-corrected chi connectivity index (χ3v) is 6.62. The van der Waals surface area contributed by atoms with E-state index in [9.17, 15) is 9.13 Å². The Morgan fingerprint density at radius 3 is 1.19 bits per heavy atom. The monoisotopic (exact) mass is 540 g/mol. The topological polar surface area (TPSA) is 214 Å². The third-order valence-electron chi connectivity index (χ3n) is 3.36. The third kappa shape index (κ3) is 20.9. The van der Waals surface area contributed by atoms with Gasteiger partial charge in [0.1, 0.15) is 0 Å². The molecule has 0 aromatic carbocycles. The van der Waals surface area contributed by atoms with E-state index in [4.69, 9.17) is 63.4 Å². The summed E-state index contributed by atoms with van der Waals surface area (Å²) in [6.07, 6.45) is 0. The Balaban J connectivity index is -0.000000460. The summed E-state index contributed by atoms with van der Waals surface area (Å²) in [5, 5.41) is 42.7. The van der Waals surface area contributed by atoms with Crippen LogP contribution in [0.3, 0.4) is 0 Å². The van der Waals surface area contributed by atoms with Gasteiger partial charge in [-0.2, -0.15) is 4.31 Å². The number of hydrogen-bond acceptors (Lipinski definition) is 9. The number of aliphatic hydroxyl groups is 5. The molecule has 192 valence electrons. The van der Waals surface area contributed by atoms with Crippen LogP contribution in [0.5, 0.6) is 0 Å². The van der Waals surface area contributed by atoms with Gasteiger partial charge in [-0.15, -0.1) is 23.2 Å². The van der Waals surface area contributed by atoms with E-state index < -0.39 is 34.3 Å². The lowest BCUT2D eigenvalue weighted by atomic mass is 9.96. The fourth-order valence-electron chi connectivity index (χ4n) is 0.720. The lowest BCUT2D eigenvalue weighted by molar-refractivity contribution is 0.0806. The van der Waals surface area contributed by atoms with Gasteiger partial charge < -0.3 is 40.2 Å². The highest BCUT2D eigenvalue weighted by molar-refractivity contribution is 7.60. The molecule has 1 unspecified atom stereocenters. The molecule has 0 aliphatic carbocycles. The fourth-order valence-corrected chi connectivity index (χ4v) is 3.03. The molecule has 0 rings (SSSR count). The van der Waals surface area contributed by atoms with Crippen LogP contribution in [0.4, 0.5) is 0 Å². The number of phosphoric ester groups is 1. The summed E-state index contributed by atoms with van der Waals surface area (Å²) in [4.78, 5) is 25.6. The lowest BCUT2D eigenvalue weighted by Crippen LogP contribution is -2.34. The number of aliphatic hydroxyl groups excluding tert-OH is 5. The van der Waals surface area contributed by atoms with Crippen LogP contribution in [0.1, 0.15) is 27.7 Å². The first-order valence-corrected chi connectivity index (χ1v) is 12.8. The van der Waals surface area contributed by atoms with Crippen LogP contribution in [-0.4, -0.2) is 91.6 Å². The van der Waals surface area contributed by atoms with Gasteiger partial charge in [0.2, 0.25) is 0 Å². The van der Waals surface area contributed by atoms with Crippen LogP contribution in [0, 0.1) is 16.2 Å².